The lowest BCUT2D eigenvalue weighted by molar-refractivity contribution is 0.0362. The van der Waals surface area contributed by atoms with E-state index in [2.05, 4.69) is 36.8 Å². The van der Waals surface area contributed by atoms with Crippen LogP contribution in [-0.4, -0.2) is 42.3 Å². The first-order valence-electron chi connectivity index (χ1n) is 5.52. The molecule has 1 saturated heterocycles. The van der Waals surface area contributed by atoms with E-state index in [1.807, 2.05) is 6.20 Å². The maximum absolute atomic E-state index is 11.8. The van der Waals surface area contributed by atoms with Crippen LogP contribution in [0.4, 0.5) is 0 Å². The van der Waals surface area contributed by atoms with Gasteiger partial charge in [0.25, 0.3) is 5.56 Å². The van der Waals surface area contributed by atoms with Gasteiger partial charge in [0.2, 0.25) is 0 Å². The van der Waals surface area contributed by atoms with Crippen molar-refractivity contribution in [2.75, 3.05) is 32.8 Å². The summed E-state index contributed by atoms with van der Waals surface area (Å²) in [4.78, 5) is 14.2. The minimum absolute atomic E-state index is 0.0152. The zero-order chi connectivity index (χ0) is 12.3. The van der Waals surface area contributed by atoms with Gasteiger partial charge in [-0.3, -0.25) is 9.69 Å². The number of morpholine rings is 1. The van der Waals surface area contributed by atoms with Gasteiger partial charge in [0.1, 0.15) is 0 Å². The third-order valence-electron chi connectivity index (χ3n) is 2.77. The highest BCUT2D eigenvalue weighted by Gasteiger charge is 2.10. The quantitative estimate of drug-likeness (QED) is 0.817. The van der Waals surface area contributed by atoms with Crippen LogP contribution in [0.3, 0.4) is 0 Å². The van der Waals surface area contributed by atoms with E-state index in [1.165, 1.54) is 0 Å². The molecule has 1 aromatic rings. The highest BCUT2D eigenvalue weighted by Crippen LogP contribution is 2.12. The molecule has 0 bridgehead atoms. The molecule has 0 atom stereocenters. The molecule has 1 aromatic heterocycles. The van der Waals surface area contributed by atoms with Crippen LogP contribution in [0.5, 0.6) is 0 Å². The van der Waals surface area contributed by atoms with Crippen molar-refractivity contribution in [2.45, 2.75) is 6.54 Å². The highest BCUT2D eigenvalue weighted by atomic mass is 79.9. The van der Waals surface area contributed by atoms with E-state index in [1.54, 1.807) is 10.6 Å². The van der Waals surface area contributed by atoms with Crippen molar-refractivity contribution in [3.05, 3.63) is 31.6 Å². The molecule has 0 aromatic carbocycles. The van der Waals surface area contributed by atoms with Gasteiger partial charge in [0, 0.05) is 36.8 Å². The monoisotopic (exact) mass is 364 g/mol. The van der Waals surface area contributed by atoms with Gasteiger partial charge in [-0.15, -0.1) is 0 Å². The largest absolute Gasteiger partial charge is 0.379 e. The zero-order valence-electron chi connectivity index (χ0n) is 9.36. The summed E-state index contributed by atoms with van der Waals surface area (Å²) in [6, 6.07) is 1.77. The molecule has 17 heavy (non-hydrogen) atoms. The predicted molar refractivity (Wildman–Crippen MR) is 73.4 cm³/mol. The molecule has 0 radical (unpaired) electrons. The summed E-state index contributed by atoms with van der Waals surface area (Å²) in [7, 11) is 0. The topological polar surface area (TPSA) is 34.5 Å². The van der Waals surface area contributed by atoms with E-state index in [9.17, 15) is 4.79 Å². The van der Waals surface area contributed by atoms with Crippen LogP contribution >= 0.6 is 31.9 Å². The lowest BCUT2D eigenvalue weighted by Gasteiger charge is -2.26. The predicted octanol–water partition coefficient (Wildman–Crippen LogP) is 1.71. The lowest BCUT2D eigenvalue weighted by atomic mass is 10.4. The average molecular weight is 366 g/mol. The molecule has 1 fully saturated rings. The molecule has 6 heteroatoms. The molecule has 0 spiro atoms. The fourth-order valence-corrected chi connectivity index (χ4v) is 3.06. The van der Waals surface area contributed by atoms with Crippen LogP contribution < -0.4 is 5.56 Å². The Hall–Kier alpha value is -0.170. The van der Waals surface area contributed by atoms with E-state index in [-0.39, 0.29) is 5.56 Å². The van der Waals surface area contributed by atoms with Gasteiger partial charge in [-0.1, -0.05) is 0 Å². The fraction of sp³-hybridized carbons (Fsp3) is 0.545. The smallest absolute Gasteiger partial charge is 0.264 e. The van der Waals surface area contributed by atoms with Gasteiger partial charge in [0.15, 0.2) is 0 Å². The number of hydrogen-bond acceptors (Lipinski definition) is 3. The van der Waals surface area contributed by atoms with E-state index < -0.39 is 0 Å². The van der Waals surface area contributed by atoms with Gasteiger partial charge in [0.05, 0.1) is 17.7 Å². The summed E-state index contributed by atoms with van der Waals surface area (Å²) < 4.78 is 8.51. The van der Waals surface area contributed by atoms with Gasteiger partial charge >= 0.3 is 0 Å². The Balaban J connectivity index is 2.00. The maximum Gasteiger partial charge on any atom is 0.264 e. The van der Waals surface area contributed by atoms with Crippen LogP contribution in [0.15, 0.2) is 26.0 Å². The summed E-state index contributed by atoms with van der Waals surface area (Å²) in [6.45, 7) is 5.06. The first kappa shape index (κ1) is 13.3. The summed E-state index contributed by atoms with van der Waals surface area (Å²) in [5.74, 6) is 0. The van der Waals surface area contributed by atoms with Crippen molar-refractivity contribution >= 4 is 31.9 Å². The molecule has 0 N–H and O–H groups in total. The maximum atomic E-state index is 11.8. The minimum atomic E-state index is 0.0152. The molecule has 1 aliphatic rings. The molecule has 0 unspecified atom stereocenters. The Kier molecular flexibility index (Phi) is 4.78. The summed E-state index contributed by atoms with van der Waals surface area (Å²) in [5, 5.41) is 0. The zero-order valence-corrected chi connectivity index (χ0v) is 12.5. The van der Waals surface area contributed by atoms with Crippen LogP contribution in [0.2, 0.25) is 0 Å². The van der Waals surface area contributed by atoms with Crippen molar-refractivity contribution in [3.63, 3.8) is 0 Å². The Labute approximate surface area is 117 Å². The van der Waals surface area contributed by atoms with Gasteiger partial charge < -0.3 is 9.30 Å². The van der Waals surface area contributed by atoms with E-state index in [0.717, 1.165) is 37.3 Å². The number of halogens is 2. The standard InChI is InChI=1S/C11H14Br2N2O2/c12-9-7-10(13)11(16)15(8-9)2-1-14-3-5-17-6-4-14/h7-8H,1-6H2. The van der Waals surface area contributed by atoms with Gasteiger partial charge in [-0.25, -0.2) is 0 Å². The van der Waals surface area contributed by atoms with Crippen molar-refractivity contribution < 1.29 is 4.74 Å². The van der Waals surface area contributed by atoms with Crippen LogP contribution in [0, 0.1) is 0 Å². The number of rotatable bonds is 3. The summed E-state index contributed by atoms with van der Waals surface area (Å²) >= 11 is 6.66. The number of pyridine rings is 1. The molecule has 0 saturated carbocycles. The molecular weight excluding hydrogens is 352 g/mol. The third kappa shape index (κ3) is 3.64. The normalized spacial score (nSPS) is 17.3. The summed E-state index contributed by atoms with van der Waals surface area (Å²) in [5.41, 5.74) is 0.0152. The highest BCUT2D eigenvalue weighted by molar-refractivity contribution is 9.11. The van der Waals surface area contributed by atoms with Crippen LogP contribution in [0.1, 0.15) is 0 Å². The molecule has 2 rings (SSSR count). The SMILES string of the molecule is O=c1c(Br)cc(Br)cn1CCN1CCOCC1. The second-order valence-corrected chi connectivity index (χ2v) is 5.73. The Bertz CT molecular complexity index is 442. The first-order valence-corrected chi connectivity index (χ1v) is 7.11. The second kappa shape index (κ2) is 6.13. The van der Waals surface area contributed by atoms with E-state index >= 15 is 0 Å². The van der Waals surface area contributed by atoms with E-state index in [4.69, 9.17) is 4.74 Å². The van der Waals surface area contributed by atoms with Crippen molar-refractivity contribution in [1.29, 1.82) is 0 Å². The molecule has 1 aliphatic heterocycles. The van der Waals surface area contributed by atoms with Gasteiger partial charge in [-0.05, 0) is 37.9 Å². The Morgan fingerprint density at radius 2 is 1.94 bits per heavy atom. The van der Waals surface area contributed by atoms with Crippen LogP contribution in [-0.2, 0) is 11.3 Å². The lowest BCUT2D eigenvalue weighted by Crippen LogP contribution is -2.39. The number of nitrogens with zero attached hydrogens (tertiary/aromatic N) is 2. The first-order chi connectivity index (χ1) is 8.16. The molecular formula is C11H14Br2N2O2. The van der Waals surface area contributed by atoms with Crippen molar-refractivity contribution in [1.82, 2.24) is 9.47 Å². The molecule has 94 valence electrons. The van der Waals surface area contributed by atoms with Crippen LogP contribution in [0.25, 0.3) is 0 Å². The van der Waals surface area contributed by atoms with Gasteiger partial charge in [-0.2, -0.15) is 0 Å². The Morgan fingerprint density at radius 1 is 1.24 bits per heavy atom. The average Bonchev–Trinajstić information content (AvgIpc) is 2.33. The summed E-state index contributed by atoms with van der Waals surface area (Å²) in [6.07, 6.45) is 1.83. The molecule has 4 nitrogen and oxygen atoms in total. The molecule has 0 amide bonds. The van der Waals surface area contributed by atoms with Crippen molar-refractivity contribution in [3.8, 4) is 0 Å². The number of aromatic nitrogens is 1. The molecule has 0 aliphatic carbocycles. The minimum Gasteiger partial charge on any atom is -0.379 e. The Morgan fingerprint density at radius 3 is 2.65 bits per heavy atom. The number of ether oxygens (including phenoxy) is 1. The molecule has 2 heterocycles. The fourth-order valence-electron chi connectivity index (χ4n) is 1.80. The number of hydrogen-bond donors (Lipinski definition) is 0. The van der Waals surface area contributed by atoms with Crippen molar-refractivity contribution in [2.24, 2.45) is 0 Å². The third-order valence-corrected chi connectivity index (χ3v) is 3.77. The second-order valence-electron chi connectivity index (χ2n) is 3.96. The van der Waals surface area contributed by atoms with E-state index in [0.29, 0.717) is 11.0 Å².